The molecular weight excluding hydrogens is 208 g/mol. The summed E-state index contributed by atoms with van der Waals surface area (Å²) in [5.41, 5.74) is 6.46. The summed E-state index contributed by atoms with van der Waals surface area (Å²) in [7, 11) is 0. The Bertz CT molecular complexity index is 205. The predicted octanol–water partition coefficient (Wildman–Crippen LogP) is 3.41. The summed E-state index contributed by atoms with van der Waals surface area (Å²) in [6.45, 7) is 10.2. The monoisotopic (exact) mass is 240 g/mol. The fraction of sp³-hybridized carbons (Fsp3) is 1.00. The molecular formula is C15H32N2. The summed E-state index contributed by atoms with van der Waals surface area (Å²) in [6, 6.07) is 0. The molecule has 0 spiro atoms. The third kappa shape index (κ3) is 3.96. The van der Waals surface area contributed by atoms with Gasteiger partial charge in [0.2, 0.25) is 0 Å². The van der Waals surface area contributed by atoms with Crippen molar-refractivity contribution in [2.45, 2.75) is 71.3 Å². The van der Waals surface area contributed by atoms with Crippen molar-refractivity contribution >= 4 is 0 Å². The molecule has 0 saturated heterocycles. The van der Waals surface area contributed by atoms with E-state index in [-0.39, 0.29) is 0 Å². The van der Waals surface area contributed by atoms with Crippen molar-refractivity contribution in [1.82, 2.24) is 4.90 Å². The highest BCUT2D eigenvalue weighted by molar-refractivity contribution is 4.95. The molecule has 1 aliphatic rings. The first-order valence-corrected chi connectivity index (χ1v) is 7.63. The van der Waals surface area contributed by atoms with Crippen LogP contribution in [0.25, 0.3) is 0 Å². The second-order valence-electron chi connectivity index (χ2n) is 5.92. The summed E-state index contributed by atoms with van der Waals surface area (Å²) in [5.74, 6) is 0.854. The zero-order valence-corrected chi connectivity index (χ0v) is 12.2. The van der Waals surface area contributed by atoms with Crippen molar-refractivity contribution in [1.29, 1.82) is 0 Å². The maximum atomic E-state index is 6.14. The summed E-state index contributed by atoms with van der Waals surface area (Å²) in [5, 5.41) is 0. The van der Waals surface area contributed by atoms with Gasteiger partial charge in [0, 0.05) is 12.1 Å². The molecule has 17 heavy (non-hydrogen) atoms. The van der Waals surface area contributed by atoms with Crippen molar-refractivity contribution in [3.8, 4) is 0 Å². The normalized spacial score (nSPS) is 29.8. The van der Waals surface area contributed by atoms with Gasteiger partial charge in [-0.15, -0.1) is 0 Å². The van der Waals surface area contributed by atoms with Gasteiger partial charge in [-0.3, -0.25) is 4.90 Å². The van der Waals surface area contributed by atoms with Gasteiger partial charge in [0.15, 0.2) is 0 Å². The summed E-state index contributed by atoms with van der Waals surface area (Å²) in [4.78, 5) is 2.68. The SMILES string of the molecule is CCCCCN(CC)C1(CN)CCCC(C)C1. The van der Waals surface area contributed by atoms with Gasteiger partial charge in [0.05, 0.1) is 0 Å². The van der Waals surface area contributed by atoms with E-state index in [1.807, 2.05) is 0 Å². The van der Waals surface area contributed by atoms with Gasteiger partial charge < -0.3 is 5.73 Å². The van der Waals surface area contributed by atoms with Crippen LogP contribution in [-0.4, -0.2) is 30.1 Å². The van der Waals surface area contributed by atoms with Crippen LogP contribution in [0.3, 0.4) is 0 Å². The van der Waals surface area contributed by atoms with E-state index in [0.717, 1.165) is 19.0 Å². The quantitative estimate of drug-likeness (QED) is 0.691. The molecule has 0 aliphatic heterocycles. The highest BCUT2D eigenvalue weighted by Gasteiger charge is 2.37. The van der Waals surface area contributed by atoms with Gasteiger partial charge in [-0.1, -0.05) is 46.5 Å². The molecule has 102 valence electrons. The van der Waals surface area contributed by atoms with Crippen molar-refractivity contribution in [3.05, 3.63) is 0 Å². The van der Waals surface area contributed by atoms with Crippen LogP contribution in [0, 0.1) is 5.92 Å². The van der Waals surface area contributed by atoms with Crippen molar-refractivity contribution in [3.63, 3.8) is 0 Å². The van der Waals surface area contributed by atoms with Crippen LogP contribution in [0.4, 0.5) is 0 Å². The highest BCUT2D eigenvalue weighted by Crippen LogP contribution is 2.36. The van der Waals surface area contributed by atoms with E-state index in [4.69, 9.17) is 5.73 Å². The van der Waals surface area contributed by atoms with Gasteiger partial charge in [-0.25, -0.2) is 0 Å². The minimum absolute atomic E-state index is 0.320. The van der Waals surface area contributed by atoms with Crippen LogP contribution in [0.1, 0.15) is 65.7 Å². The Morgan fingerprint density at radius 3 is 2.59 bits per heavy atom. The first kappa shape index (κ1) is 15.0. The lowest BCUT2D eigenvalue weighted by Crippen LogP contribution is -2.56. The Kier molecular flexibility index (Phi) is 6.50. The molecule has 0 aromatic heterocycles. The van der Waals surface area contributed by atoms with Crippen LogP contribution in [-0.2, 0) is 0 Å². The topological polar surface area (TPSA) is 29.3 Å². The Hall–Kier alpha value is -0.0800. The summed E-state index contributed by atoms with van der Waals surface area (Å²) < 4.78 is 0. The van der Waals surface area contributed by atoms with Crippen molar-refractivity contribution in [2.24, 2.45) is 11.7 Å². The molecule has 2 unspecified atom stereocenters. The highest BCUT2D eigenvalue weighted by atomic mass is 15.2. The van der Waals surface area contributed by atoms with Crippen LogP contribution < -0.4 is 5.73 Å². The molecule has 0 heterocycles. The largest absolute Gasteiger partial charge is 0.329 e. The Morgan fingerprint density at radius 2 is 2.06 bits per heavy atom. The van der Waals surface area contributed by atoms with Gasteiger partial charge in [-0.2, -0.15) is 0 Å². The zero-order chi connectivity index (χ0) is 12.7. The number of unbranched alkanes of at least 4 members (excludes halogenated alkanes) is 2. The van der Waals surface area contributed by atoms with E-state index >= 15 is 0 Å². The van der Waals surface area contributed by atoms with Crippen LogP contribution in [0.15, 0.2) is 0 Å². The first-order valence-electron chi connectivity index (χ1n) is 7.63. The van der Waals surface area contributed by atoms with Crippen molar-refractivity contribution < 1.29 is 0 Å². The lowest BCUT2D eigenvalue weighted by atomic mass is 9.75. The predicted molar refractivity (Wildman–Crippen MR) is 76.2 cm³/mol. The average molecular weight is 240 g/mol. The lowest BCUT2D eigenvalue weighted by Gasteiger charge is -2.47. The molecule has 2 heteroatoms. The molecule has 0 radical (unpaired) electrons. The Balaban J connectivity index is 2.60. The van der Waals surface area contributed by atoms with Crippen molar-refractivity contribution in [2.75, 3.05) is 19.6 Å². The molecule has 1 rings (SSSR count). The minimum atomic E-state index is 0.320. The smallest absolute Gasteiger partial charge is 0.0334 e. The number of hydrogen-bond acceptors (Lipinski definition) is 2. The van der Waals surface area contributed by atoms with E-state index in [0.29, 0.717) is 5.54 Å². The van der Waals surface area contributed by atoms with Crippen LogP contribution in [0.5, 0.6) is 0 Å². The third-order valence-electron chi connectivity index (χ3n) is 4.53. The molecule has 0 aromatic rings. The fourth-order valence-corrected chi connectivity index (χ4v) is 3.52. The van der Waals surface area contributed by atoms with Gasteiger partial charge in [0.25, 0.3) is 0 Å². The summed E-state index contributed by atoms with van der Waals surface area (Å²) in [6.07, 6.45) is 9.38. The number of likely N-dealkylation sites (N-methyl/N-ethyl adjacent to an activating group) is 1. The van der Waals surface area contributed by atoms with Gasteiger partial charge in [0.1, 0.15) is 0 Å². The van der Waals surface area contributed by atoms with E-state index in [1.165, 1.54) is 51.5 Å². The Labute approximate surface area is 108 Å². The second kappa shape index (κ2) is 7.38. The fourth-order valence-electron chi connectivity index (χ4n) is 3.52. The summed E-state index contributed by atoms with van der Waals surface area (Å²) >= 11 is 0. The van der Waals surface area contributed by atoms with Crippen LogP contribution >= 0.6 is 0 Å². The molecule has 2 atom stereocenters. The van der Waals surface area contributed by atoms with Crippen LogP contribution in [0.2, 0.25) is 0 Å². The second-order valence-corrected chi connectivity index (χ2v) is 5.92. The molecule has 1 fully saturated rings. The number of rotatable bonds is 7. The van der Waals surface area contributed by atoms with Gasteiger partial charge >= 0.3 is 0 Å². The number of nitrogens with two attached hydrogens (primary N) is 1. The molecule has 1 aliphatic carbocycles. The van der Waals surface area contributed by atoms with E-state index in [1.54, 1.807) is 0 Å². The number of nitrogens with zero attached hydrogens (tertiary/aromatic N) is 1. The first-order chi connectivity index (χ1) is 8.18. The molecule has 1 saturated carbocycles. The zero-order valence-electron chi connectivity index (χ0n) is 12.2. The lowest BCUT2D eigenvalue weighted by molar-refractivity contribution is 0.0419. The number of hydrogen-bond donors (Lipinski definition) is 1. The van der Waals surface area contributed by atoms with E-state index in [2.05, 4.69) is 25.7 Å². The molecule has 0 bridgehead atoms. The standard InChI is InChI=1S/C15H32N2/c1-4-6-7-11-17(5-2)15(13-16)10-8-9-14(3)12-15/h14H,4-13,16H2,1-3H3. The van der Waals surface area contributed by atoms with E-state index < -0.39 is 0 Å². The average Bonchev–Trinajstić information content (AvgIpc) is 2.34. The Morgan fingerprint density at radius 1 is 1.29 bits per heavy atom. The van der Waals surface area contributed by atoms with E-state index in [9.17, 15) is 0 Å². The molecule has 0 amide bonds. The minimum Gasteiger partial charge on any atom is -0.329 e. The molecule has 2 nitrogen and oxygen atoms in total. The molecule has 0 aromatic carbocycles. The molecule has 2 N–H and O–H groups in total. The maximum absolute atomic E-state index is 6.14. The third-order valence-corrected chi connectivity index (χ3v) is 4.53. The van der Waals surface area contributed by atoms with Gasteiger partial charge in [-0.05, 0) is 38.3 Å². The maximum Gasteiger partial charge on any atom is 0.0334 e.